The number of nitrogens with one attached hydrogen (secondary N) is 2. The van der Waals surface area contributed by atoms with Crippen molar-refractivity contribution in [2.45, 2.75) is 58.5 Å². The van der Waals surface area contributed by atoms with Gasteiger partial charge in [-0.15, -0.1) is 24.0 Å². The topological polar surface area (TPSA) is 56.7 Å². The van der Waals surface area contributed by atoms with Crippen LogP contribution < -0.4 is 10.6 Å². The molecule has 1 saturated carbocycles. The molecule has 1 aliphatic carbocycles. The summed E-state index contributed by atoms with van der Waals surface area (Å²) in [6.07, 6.45) is 3.71. The first kappa shape index (κ1) is 20.5. The van der Waals surface area contributed by atoms with E-state index in [0.29, 0.717) is 12.6 Å². The molecule has 0 aliphatic heterocycles. The van der Waals surface area contributed by atoms with Crippen molar-refractivity contribution in [1.82, 2.24) is 15.5 Å². The Morgan fingerprint density at radius 3 is 2.48 bits per heavy atom. The van der Waals surface area contributed by atoms with E-state index in [1.165, 1.54) is 19.3 Å². The van der Waals surface area contributed by atoms with Crippen molar-refractivity contribution in [3.63, 3.8) is 0 Å². The Bertz CT molecular complexity index is 365. The highest BCUT2D eigenvalue weighted by Gasteiger charge is 2.37. The molecule has 0 aromatic heterocycles. The van der Waals surface area contributed by atoms with Crippen molar-refractivity contribution in [3.8, 4) is 0 Å². The normalized spacial score (nSPS) is 21.3. The lowest BCUT2D eigenvalue weighted by Crippen LogP contribution is -2.49. The van der Waals surface area contributed by atoms with Gasteiger partial charge in [-0.3, -0.25) is 9.79 Å². The van der Waals surface area contributed by atoms with E-state index in [-0.39, 0.29) is 35.4 Å². The van der Waals surface area contributed by atoms with E-state index >= 15 is 0 Å². The monoisotopic (exact) mass is 410 g/mol. The molecule has 6 heteroatoms. The number of hydrogen-bond acceptors (Lipinski definition) is 2. The summed E-state index contributed by atoms with van der Waals surface area (Å²) in [6.45, 7) is 8.49. The van der Waals surface area contributed by atoms with Gasteiger partial charge in [0.25, 0.3) is 0 Å². The zero-order valence-corrected chi connectivity index (χ0v) is 16.5. The van der Waals surface area contributed by atoms with Crippen LogP contribution in [0, 0.1) is 5.92 Å². The molecule has 2 atom stereocenters. The number of guanidine groups is 1. The van der Waals surface area contributed by atoms with Crippen LogP contribution in [0.25, 0.3) is 0 Å². The number of amides is 1. The molecule has 0 radical (unpaired) electrons. The van der Waals surface area contributed by atoms with E-state index in [1.54, 1.807) is 7.05 Å². The third kappa shape index (κ3) is 7.87. The number of carbonyl (C=O) groups excluding carboxylic acids is 1. The largest absolute Gasteiger partial charge is 0.353 e. The summed E-state index contributed by atoms with van der Waals surface area (Å²) in [5.74, 6) is 1.59. The lowest BCUT2D eigenvalue weighted by molar-refractivity contribution is -0.122. The zero-order chi connectivity index (χ0) is 15.3. The minimum absolute atomic E-state index is 0. The van der Waals surface area contributed by atoms with Crippen molar-refractivity contribution < 1.29 is 4.79 Å². The summed E-state index contributed by atoms with van der Waals surface area (Å²) >= 11 is 0. The molecule has 0 aromatic rings. The Balaban J connectivity index is 0.00000400. The lowest BCUT2D eigenvalue weighted by atomic mass is 10.1. The average molecular weight is 410 g/mol. The van der Waals surface area contributed by atoms with Gasteiger partial charge in [0, 0.05) is 25.7 Å². The van der Waals surface area contributed by atoms with Gasteiger partial charge in [0.2, 0.25) is 5.91 Å². The molecular formula is C15H31IN4O. The van der Waals surface area contributed by atoms with E-state index in [1.807, 2.05) is 32.7 Å². The molecule has 0 spiro atoms. The number of aliphatic imine (C=N–C) groups is 1. The third-order valence-electron chi connectivity index (χ3n) is 3.37. The minimum Gasteiger partial charge on any atom is -0.353 e. The molecule has 0 saturated heterocycles. The van der Waals surface area contributed by atoms with Gasteiger partial charge >= 0.3 is 0 Å². The molecule has 124 valence electrons. The number of halogens is 1. The van der Waals surface area contributed by atoms with Crippen LogP contribution in [0.4, 0.5) is 0 Å². The van der Waals surface area contributed by atoms with Gasteiger partial charge in [0.1, 0.15) is 0 Å². The molecule has 0 bridgehead atoms. The molecular weight excluding hydrogens is 379 g/mol. The summed E-state index contributed by atoms with van der Waals surface area (Å²) < 4.78 is 0. The molecule has 0 heterocycles. The molecule has 21 heavy (non-hydrogen) atoms. The van der Waals surface area contributed by atoms with Gasteiger partial charge in [-0.25, -0.2) is 0 Å². The first-order chi connectivity index (χ1) is 9.26. The predicted molar refractivity (Wildman–Crippen MR) is 99.2 cm³/mol. The number of carbonyl (C=O) groups is 1. The summed E-state index contributed by atoms with van der Waals surface area (Å²) in [5, 5.41) is 6.40. The van der Waals surface area contributed by atoms with E-state index in [0.717, 1.165) is 11.9 Å². The van der Waals surface area contributed by atoms with Gasteiger partial charge in [-0.2, -0.15) is 0 Å². The van der Waals surface area contributed by atoms with Crippen LogP contribution >= 0.6 is 24.0 Å². The second-order valence-corrected chi connectivity index (χ2v) is 6.74. The van der Waals surface area contributed by atoms with Crippen molar-refractivity contribution in [2.75, 3.05) is 20.6 Å². The molecule has 5 nitrogen and oxygen atoms in total. The Kier molecular flexibility index (Phi) is 8.58. The maximum atomic E-state index is 11.9. The van der Waals surface area contributed by atoms with Crippen molar-refractivity contribution >= 4 is 35.8 Å². The Morgan fingerprint density at radius 2 is 2.00 bits per heavy atom. The van der Waals surface area contributed by atoms with E-state index in [2.05, 4.69) is 22.5 Å². The summed E-state index contributed by atoms with van der Waals surface area (Å²) in [7, 11) is 3.66. The second-order valence-electron chi connectivity index (χ2n) is 6.74. The van der Waals surface area contributed by atoms with E-state index in [9.17, 15) is 4.79 Å². The number of rotatable bonds is 5. The molecule has 1 aliphatic rings. The van der Waals surface area contributed by atoms with Gasteiger partial charge in [-0.05, 0) is 39.5 Å². The van der Waals surface area contributed by atoms with Gasteiger partial charge in [0.05, 0.1) is 6.54 Å². The Labute approximate surface area is 146 Å². The highest BCUT2D eigenvalue weighted by molar-refractivity contribution is 14.0. The van der Waals surface area contributed by atoms with Crippen LogP contribution in [-0.2, 0) is 4.79 Å². The molecule has 2 N–H and O–H groups in total. The molecule has 1 fully saturated rings. The molecule has 1 rings (SSSR count). The molecule has 1 amide bonds. The first-order valence-electron chi connectivity index (χ1n) is 7.52. The number of nitrogens with zero attached hydrogens (tertiary/aromatic N) is 2. The summed E-state index contributed by atoms with van der Waals surface area (Å²) in [4.78, 5) is 18.1. The second kappa shape index (κ2) is 8.80. The number of hydrogen-bond donors (Lipinski definition) is 2. The Morgan fingerprint density at radius 1 is 1.38 bits per heavy atom. The highest BCUT2D eigenvalue weighted by Crippen LogP contribution is 2.34. The highest BCUT2D eigenvalue weighted by atomic mass is 127. The summed E-state index contributed by atoms with van der Waals surface area (Å²) in [6, 6.07) is 0.529. The van der Waals surface area contributed by atoms with Crippen molar-refractivity contribution in [1.29, 1.82) is 0 Å². The fraction of sp³-hybridized carbons (Fsp3) is 0.867. The quantitative estimate of drug-likeness (QED) is 0.415. The predicted octanol–water partition coefficient (Wildman–Crippen LogP) is 2.21. The van der Waals surface area contributed by atoms with Crippen LogP contribution in [0.3, 0.4) is 0 Å². The van der Waals surface area contributed by atoms with Crippen LogP contribution in [-0.4, -0.2) is 49.0 Å². The molecule has 2 unspecified atom stereocenters. The maximum Gasteiger partial charge on any atom is 0.240 e. The molecule has 0 aromatic carbocycles. The van der Waals surface area contributed by atoms with E-state index in [4.69, 9.17) is 0 Å². The van der Waals surface area contributed by atoms with Gasteiger partial charge < -0.3 is 15.5 Å². The van der Waals surface area contributed by atoms with E-state index < -0.39 is 0 Å². The maximum absolute atomic E-state index is 11.9. The average Bonchev–Trinajstić information content (AvgIpc) is 3.01. The Hall–Kier alpha value is -0.530. The smallest absolute Gasteiger partial charge is 0.240 e. The first-order valence-corrected chi connectivity index (χ1v) is 7.52. The van der Waals surface area contributed by atoms with Crippen LogP contribution in [0.15, 0.2) is 4.99 Å². The van der Waals surface area contributed by atoms with Crippen molar-refractivity contribution in [2.24, 2.45) is 10.9 Å². The fourth-order valence-electron chi connectivity index (χ4n) is 2.37. The van der Waals surface area contributed by atoms with Gasteiger partial charge in [0.15, 0.2) is 5.96 Å². The third-order valence-corrected chi connectivity index (χ3v) is 3.37. The van der Waals surface area contributed by atoms with Crippen LogP contribution in [0.1, 0.15) is 47.0 Å². The zero-order valence-electron chi connectivity index (χ0n) is 14.2. The van der Waals surface area contributed by atoms with Crippen LogP contribution in [0.5, 0.6) is 0 Å². The summed E-state index contributed by atoms with van der Waals surface area (Å²) in [5.41, 5.74) is -0.197. The van der Waals surface area contributed by atoms with Gasteiger partial charge in [-0.1, -0.05) is 13.3 Å². The standard InChI is InChI=1S/C15H30N4O.HI/c1-7-8-11-9-12(11)17-14(16-5)19(6)10-13(20)18-15(2,3)4;/h11-12H,7-10H2,1-6H3,(H,16,17)(H,18,20);1H. The van der Waals surface area contributed by atoms with Crippen LogP contribution in [0.2, 0.25) is 0 Å². The van der Waals surface area contributed by atoms with Crippen molar-refractivity contribution in [3.05, 3.63) is 0 Å². The number of likely N-dealkylation sites (N-methyl/N-ethyl adjacent to an activating group) is 1. The SMILES string of the molecule is CCCC1CC1NC(=NC)N(C)CC(=O)NC(C)(C)C.I. The lowest BCUT2D eigenvalue weighted by Gasteiger charge is -2.25. The minimum atomic E-state index is -0.197. The fourth-order valence-corrected chi connectivity index (χ4v) is 2.37.